The molecule has 0 bridgehead atoms. The molecule has 0 unspecified atom stereocenters. The molecule has 0 spiro atoms. The van der Waals surface area contributed by atoms with Crippen molar-refractivity contribution in [3.05, 3.63) is 35.2 Å². The monoisotopic (exact) mass is 382 g/mol. The van der Waals surface area contributed by atoms with Crippen molar-refractivity contribution < 1.29 is 9.47 Å². The van der Waals surface area contributed by atoms with E-state index in [1.807, 2.05) is 6.92 Å². The normalized spacial score (nSPS) is 17.2. The van der Waals surface area contributed by atoms with Crippen molar-refractivity contribution in [2.75, 3.05) is 31.0 Å². The third-order valence-corrected chi connectivity index (χ3v) is 5.82. The summed E-state index contributed by atoms with van der Waals surface area (Å²) in [5.41, 5.74) is 2.59. The highest BCUT2D eigenvalue weighted by atomic mass is 16.5. The van der Waals surface area contributed by atoms with Gasteiger partial charge in [0.25, 0.3) is 0 Å². The standard InChI is InChI=1S/C22H30N4O2/c1-15-23-21(25-18-7-5-4-6-8-18)13-22(24-15)26-10-9-16-11-19(27-2)20(28-3)12-17(16)14-26/h11-13,18H,4-10,14H2,1-3H3,(H,23,24,25). The highest BCUT2D eigenvalue weighted by Crippen LogP contribution is 2.34. The van der Waals surface area contributed by atoms with E-state index in [0.717, 1.165) is 48.5 Å². The van der Waals surface area contributed by atoms with Crippen molar-refractivity contribution in [1.82, 2.24) is 9.97 Å². The van der Waals surface area contributed by atoms with Crippen LogP contribution >= 0.6 is 0 Å². The fourth-order valence-electron chi connectivity index (χ4n) is 4.32. The number of fused-ring (bicyclic) bond motifs is 1. The zero-order valence-corrected chi connectivity index (χ0v) is 17.1. The summed E-state index contributed by atoms with van der Waals surface area (Å²) in [5, 5.41) is 3.64. The molecule has 1 aromatic heterocycles. The van der Waals surface area contributed by atoms with Crippen LogP contribution in [0.15, 0.2) is 18.2 Å². The van der Waals surface area contributed by atoms with E-state index in [1.165, 1.54) is 43.2 Å². The van der Waals surface area contributed by atoms with Crippen LogP contribution < -0.4 is 19.7 Å². The predicted molar refractivity (Wildman–Crippen MR) is 112 cm³/mol. The molecular formula is C22H30N4O2. The van der Waals surface area contributed by atoms with Gasteiger partial charge in [-0.25, -0.2) is 9.97 Å². The number of nitrogens with zero attached hydrogens (tertiary/aromatic N) is 3. The Morgan fingerprint density at radius 1 is 0.964 bits per heavy atom. The summed E-state index contributed by atoms with van der Waals surface area (Å²) in [6.07, 6.45) is 7.40. The maximum atomic E-state index is 5.49. The van der Waals surface area contributed by atoms with Crippen LogP contribution in [-0.2, 0) is 13.0 Å². The number of hydrogen-bond acceptors (Lipinski definition) is 6. The fraction of sp³-hybridized carbons (Fsp3) is 0.545. The molecule has 0 atom stereocenters. The number of anilines is 2. The van der Waals surface area contributed by atoms with Crippen LogP contribution in [0.3, 0.4) is 0 Å². The lowest BCUT2D eigenvalue weighted by Gasteiger charge is -2.31. The van der Waals surface area contributed by atoms with Gasteiger partial charge in [-0.05, 0) is 49.4 Å². The number of aromatic nitrogens is 2. The zero-order chi connectivity index (χ0) is 19.5. The molecule has 2 aromatic rings. The van der Waals surface area contributed by atoms with Crippen LogP contribution in [-0.4, -0.2) is 36.8 Å². The number of methoxy groups -OCH3 is 2. The van der Waals surface area contributed by atoms with Crippen LogP contribution in [0.25, 0.3) is 0 Å². The molecule has 2 aliphatic rings. The van der Waals surface area contributed by atoms with E-state index in [1.54, 1.807) is 14.2 Å². The second-order valence-corrected chi connectivity index (χ2v) is 7.79. The first kappa shape index (κ1) is 18.8. The molecule has 6 heteroatoms. The van der Waals surface area contributed by atoms with Crippen LogP contribution in [0, 0.1) is 6.92 Å². The molecule has 150 valence electrons. The Labute approximate surface area is 167 Å². The summed E-state index contributed by atoms with van der Waals surface area (Å²) in [7, 11) is 3.37. The van der Waals surface area contributed by atoms with Crippen molar-refractivity contribution in [2.24, 2.45) is 0 Å². The van der Waals surface area contributed by atoms with Crippen LogP contribution in [0.2, 0.25) is 0 Å². The largest absolute Gasteiger partial charge is 0.493 e. The maximum Gasteiger partial charge on any atom is 0.161 e. The number of aryl methyl sites for hydroxylation is 1. The minimum absolute atomic E-state index is 0.537. The summed E-state index contributed by atoms with van der Waals surface area (Å²) in [5.74, 6) is 4.33. The number of hydrogen-bond donors (Lipinski definition) is 1. The lowest BCUT2D eigenvalue weighted by atomic mass is 9.95. The van der Waals surface area contributed by atoms with Gasteiger partial charge < -0.3 is 19.7 Å². The molecule has 1 aliphatic heterocycles. The van der Waals surface area contributed by atoms with Gasteiger partial charge in [0.2, 0.25) is 0 Å². The third kappa shape index (κ3) is 4.01. The van der Waals surface area contributed by atoms with Crippen molar-refractivity contribution in [2.45, 2.75) is 58.0 Å². The van der Waals surface area contributed by atoms with E-state index in [0.29, 0.717) is 6.04 Å². The molecule has 6 nitrogen and oxygen atoms in total. The van der Waals surface area contributed by atoms with Gasteiger partial charge in [-0.15, -0.1) is 0 Å². The highest BCUT2D eigenvalue weighted by molar-refractivity contribution is 5.54. The number of benzene rings is 1. The first-order chi connectivity index (χ1) is 13.7. The molecule has 4 rings (SSSR count). The molecule has 1 aliphatic carbocycles. The van der Waals surface area contributed by atoms with Gasteiger partial charge in [0.1, 0.15) is 17.5 Å². The SMILES string of the molecule is COc1cc2c(cc1OC)CN(c1cc(NC3CCCCC3)nc(C)n1)CC2. The lowest BCUT2D eigenvalue weighted by molar-refractivity contribution is 0.353. The first-order valence-corrected chi connectivity index (χ1v) is 10.3. The van der Waals surface area contributed by atoms with Gasteiger partial charge in [0.15, 0.2) is 11.5 Å². The topological polar surface area (TPSA) is 59.5 Å². The Morgan fingerprint density at radius 3 is 2.39 bits per heavy atom. The van der Waals surface area contributed by atoms with E-state index < -0.39 is 0 Å². The van der Waals surface area contributed by atoms with Gasteiger partial charge in [-0.3, -0.25) is 0 Å². The Balaban J connectivity index is 1.55. The molecule has 0 radical (unpaired) electrons. The Morgan fingerprint density at radius 2 is 1.68 bits per heavy atom. The molecule has 2 heterocycles. The summed E-state index contributed by atoms with van der Waals surface area (Å²) in [4.78, 5) is 11.7. The van der Waals surface area contributed by atoms with Gasteiger partial charge in [-0.2, -0.15) is 0 Å². The molecule has 1 saturated carbocycles. The van der Waals surface area contributed by atoms with E-state index >= 15 is 0 Å². The molecule has 1 aromatic carbocycles. The Bertz CT molecular complexity index is 834. The quantitative estimate of drug-likeness (QED) is 0.840. The van der Waals surface area contributed by atoms with E-state index in [2.05, 4.69) is 33.4 Å². The summed E-state index contributed by atoms with van der Waals surface area (Å²) >= 11 is 0. The van der Waals surface area contributed by atoms with Gasteiger partial charge in [0.05, 0.1) is 14.2 Å². The average Bonchev–Trinajstić information content (AvgIpc) is 2.72. The summed E-state index contributed by atoms with van der Waals surface area (Å²) in [6, 6.07) is 6.84. The van der Waals surface area contributed by atoms with Crippen molar-refractivity contribution in [1.29, 1.82) is 0 Å². The Hall–Kier alpha value is -2.50. The van der Waals surface area contributed by atoms with Crippen molar-refractivity contribution in [3.63, 3.8) is 0 Å². The van der Waals surface area contributed by atoms with Crippen molar-refractivity contribution in [3.8, 4) is 11.5 Å². The second-order valence-electron chi connectivity index (χ2n) is 7.79. The molecule has 28 heavy (non-hydrogen) atoms. The van der Waals surface area contributed by atoms with E-state index in [4.69, 9.17) is 14.5 Å². The molecule has 0 saturated heterocycles. The van der Waals surface area contributed by atoms with Crippen LogP contribution in [0.5, 0.6) is 11.5 Å². The lowest BCUT2D eigenvalue weighted by Crippen LogP contribution is -2.31. The summed E-state index contributed by atoms with van der Waals surface area (Å²) < 4.78 is 10.9. The number of rotatable bonds is 5. The van der Waals surface area contributed by atoms with E-state index in [-0.39, 0.29) is 0 Å². The predicted octanol–water partition coefficient (Wildman–Crippen LogP) is 4.11. The minimum atomic E-state index is 0.537. The van der Waals surface area contributed by atoms with Crippen molar-refractivity contribution >= 4 is 11.6 Å². The molecule has 1 fully saturated rings. The van der Waals surface area contributed by atoms with Gasteiger partial charge in [0, 0.05) is 25.2 Å². The smallest absolute Gasteiger partial charge is 0.161 e. The second kappa shape index (κ2) is 8.25. The average molecular weight is 383 g/mol. The zero-order valence-electron chi connectivity index (χ0n) is 17.1. The maximum absolute atomic E-state index is 5.49. The third-order valence-electron chi connectivity index (χ3n) is 5.82. The first-order valence-electron chi connectivity index (χ1n) is 10.3. The Kier molecular flexibility index (Phi) is 5.55. The highest BCUT2D eigenvalue weighted by Gasteiger charge is 2.22. The van der Waals surface area contributed by atoms with Gasteiger partial charge >= 0.3 is 0 Å². The number of ether oxygens (including phenoxy) is 2. The van der Waals surface area contributed by atoms with Gasteiger partial charge in [-0.1, -0.05) is 19.3 Å². The molecule has 0 amide bonds. The summed E-state index contributed by atoms with van der Waals surface area (Å²) in [6.45, 7) is 3.72. The number of nitrogens with one attached hydrogen (secondary N) is 1. The molecular weight excluding hydrogens is 352 g/mol. The van der Waals surface area contributed by atoms with Crippen LogP contribution in [0.1, 0.15) is 49.1 Å². The molecule has 1 N–H and O–H groups in total. The van der Waals surface area contributed by atoms with E-state index in [9.17, 15) is 0 Å². The minimum Gasteiger partial charge on any atom is -0.493 e. The fourth-order valence-corrected chi connectivity index (χ4v) is 4.32. The van der Waals surface area contributed by atoms with Crippen LogP contribution in [0.4, 0.5) is 11.6 Å².